The number of halogens is 1. The van der Waals surface area contributed by atoms with Gasteiger partial charge in [0, 0.05) is 0 Å². The first-order valence-corrected chi connectivity index (χ1v) is 5.71. The predicted molar refractivity (Wildman–Crippen MR) is 48.1 cm³/mol. The standard InChI is InChI=1S/6CN.ClH.Fe.K.H/c6*1-2;;;;/h;;;;;;1H;;;. The normalized spacial score (nSPS) is 11.6. The van der Waals surface area contributed by atoms with E-state index in [2.05, 4.69) is 0 Å². The predicted octanol–water partition coefficient (Wildman–Crippen LogP) is -0.129. The molecule has 0 amide bonds. The maximum atomic E-state index is 8.58. The van der Waals surface area contributed by atoms with Gasteiger partial charge >= 0.3 is 123 Å². The molecular weight excluding hydrogens is 287 g/mol. The Morgan fingerprint density at radius 1 is 0.533 bits per heavy atom. The molecule has 0 aliphatic carbocycles. The van der Waals surface area contributed by atoms with Crippen molar-refractivity contribution in [2.75, 3.05) is 0 Å². The van der Waals surface area contributed by atoms with Crippen LogP contribution in [-0.4, -0.2) is 51.4 Å². The van der Waals surface area contributed by atoms with Crippen LogP contribution in [0.1, 0.15) is 0 Å². The first kappa shape index (κ1) is 19.9. The van der Waals surface area contributed by atoms with Gasteiger partial charge in [0.1, 0.15) is 0 Å². The minimum absolute atomic E-state index is 0. The second-order valence-electron chi connectivity index (χ2n) is 1.80. The van der Waals surface area contributed by atoms with Crippen LogP contribution in [0, 0.1) is 61.4 Å². The van der Waals surface area contributed by atoms with E-state index in [0.717, 1.165) is 29.8 Å². The zero-order chi connectivity index (χ0) is 10.7. The quantitative estimate of drug-likeness (QED) is 0.568. The summed E-state index contributed by atoms with van der Waals surface area (Å²) in [4.78, 5) is 6.19. The third kappa shape index (κ3) is 2.01. The number of hydrogen-bond donors (Lipinski definition) is 0. The molecule has 6 nitrogen and oxygen atoms in total. The van der Waals surface area contributed by atoms with Crippen LogP contribution in [0.2, 0.25) is 0 Å². The van der Waals surface area contributed by atoms with Gasteiger partial charge in [-0.25, -0.2) is 0 Å². The third-order valence-electron chi connectivity index (χ3n) is 1.19. The molecule has 72 valence electrons. The summed E-state index contributed by atoms with van der Waals surface area (Å²) in [6.45, 7) is 0. The summed E-state index contributed by atoms with van der Waals surface area (Å²) in [5, 5.41) is 51.5. The average Bonchev–Trinajstić information content (AvgIpc) is 2.26. The molecule has 0 bridgehead atoms. The van der Waals surface area contributed by atoms with Crippen molar-refractivity contribution in [1.29, 1.82) is 31.6 Å². The molecule has 9 heteroatoms. The van der Waals surface area contributed by atoms with E-state index >= 15 is 0 Å². The van der Waals surface area contributed by atoms with Gasteiger partial charge in [-0.05, 0) is 0 Å². The molecule has 0 fully saturated rings. The molecule has 0 aliphatic rings. The monoisotopic (exact) mass is 288 g/mol. The molecule has 0 atom stereocenters. The van der Waals surface area contributed by atoms with E-state index < -0.39 is 10.7 Å². The number of rotatable bonds is 0. The van der Waals surface area contributed by atoms with Crippen LogP contribution in [0.25, 0.3) is 0 Å². The molecule has 0 saturated heterocycles. The summed E-state index contributed by atoms with van der Waals surface area (Å²) < 4.78 is 0. The summed E-state index contributed by atoms with van der Waals surface area (Å²) >= 11 is 0. The van der Waals surface area contributed by atoms with Gasteiger partial charge in [-0.1, -0.05) is 0 Å². The van der Waals surface area contributed by atoms with Gasteiger partial charge in [0.15, 0.2) is 0 Å². The van der Waals surface area contributed by atoms with Crippen LogP contribution in [0.15, 0.2) is 0 Å². The second kappa shape index (κ2) is 4.94. The van der Waals surface area contributed by atoms with E-state index in [1.54, 1.807) is 0 Å². The second-order valence-corrected chi connectivity index (χ2v) is 7.42. The summed E-state index contributed by atoms with van der Waals surface area (Å²) in [5.41, 5.74) is 0. The minimum atomic E-state index is -6.17. The summed E-state index contributed by atoms with van der Waals surface area (Å²) in [5.74, 6) is 0. The van der Waals surface area contributed by atoms with Crippen molar-refractivity contribution in [3.8, 4) is 29.8 Å². The van der Waals surface area contributed by atoms with Crippen LogP contribution in [0.4, 0.5) is 0 Å². The topological polar surface area (TPSA) is 143 Å². The van der Waals surface area contributed by atoms with Crippen LogP contribution in [-0.2, 0) is 10.7 Å². The Kier molecular flexibility index (Phi) is 6.55. The number of nitriles is 6. The van der Waals surface area contributed by atoms with Gasteiger partial charge in [0.05, 0.1) is 0 Å². The molecule has 0 unspecified atom stereocenters. The van der Waals surface area contributed by atoms with Crippen molar-refractivity contribution in [3.63, 3.8) is 0 Å². The summed E-state index contributed by atoms with van der Waals surface area (Å²) in [7, 11) is -6.17. The Morgan fingerprint density at radius 3 is 0.667 bits per heavy atom. The average molecular weight is 289 g/mol. The van der Waals surface area contributed by atoms with Gasteiger partial charge in [-0.15, -0.1) is 12.4 Å². The Balaban J connectivity index is -0.000000720. The Labute approximate surface area is 134 Å². The van der Waals surface area contributed by atoms with E-state index in [1.807, 2.05) is 0 Å². The Bertz CT molecular complexity index is 397. The van der Waals surface area contributed by atoms with Crippen LogP contribution in [0.5, 0.6) is 0 Å². The van der Waals surface area contributed by atoms with Gasteiger partial charge < -0.3 is 0 Å². The van der Waals surface area contributed by atoms with Crippen molar-refractivity contribution < 1.29 is 10.7 Å². The molecule has 0 radical (unpaired) electrons. The van der Waals surface area contributed by atoms with Crippen LogP contribution < -0.4 is 0 Å². The van der Waals surface area contributed by atoms with Crippen molar-refractivity contribution in [2.45, 2.75) is 0 Å². The Morgan fingerprint density at radius 2 is 0.667 bits per heavy atom. The van der Waals surface area contributed by atoms with Crippen LogP contribution >= 0.6 is 12.4 Å². The Hall–Kier alpha value is -0.614. The summed E-state index contributed by atoms with van der Waals surface area (Å²) in [6.07, 6.45) is 0. The fourth-order valence-corrected chi connectivity index (χ4v) is 1.09. The molecule has 0 rings (SSSR count). The third-order valence-corrected chi connectivity index (χ3v) is 4.89. The molecule has 0 saturated carbocycles. The molecule has 0 aromatic carbocycles. The summed E-state index contributed by atoms with van der Waals surface area (Å²) in [6, 6.07) is 0. The van der Waals surface area contributed by atoms with E-state index in [9.17, 15) is 0 Å². The van der Waals surface area contributed by atoms with Gasteiger partial charge in [-0.3, -0.25) is 0 Å². The van der Waals surface area contributed by atoms with Gasteiger partial charge in [0.25, 0.3) is 0 Å². The van der Waals surface area contributed by atoms with E-state index in [4.69, 9.17) is 31.6 Å². The zero-order valence-corrected chi connectivity index (χ0v) is 8.37. The molecule has 0 N–H and O–H groups in total. The number of nitrogens with zero attached hydrogens (tertiary/aromatic N) is 6. The molecular formula is C6H2ClFeKN6. The van der Waals surface area contributed by atoms with E-state index in [1.165, 1.54) is 0 Å². The molecule has 0 aromatic heterocycles. The van der Waals surface area contributed by atoms with Crippen molar-refractivity contribution in [2.24, 2.45) is 0 Å². The van der Waals surface area contributed by atoms with Crippen molar-refractivity contribution >= 4 is 63.8 Å². The maximum absolute atomic E-state index is 8.58. The van der Waals surface area contributed by atoms with Gasteiger partial charge in [-0.2, -0.15) is 0 Å². The molecule has 0 heterocycles. The van der Waals surface area contributed by atoms with Crippen molar-refractivity contribution in [3.05, 3.63) is 0 Å². The van der Waals surface area contributed by atoms with Gasteiger partial charge in [0.2, 0.25) is 0 Å². The molecule has 15 heavy (non-hydrogen) atoms. The molecule has 0 spiro atoms. The molecule has 0 aromatic rings. The van der Waals surface area contributed by atoms with E-state index in [0.29, 0.717) is 0 Å². The molecule has 0 aliphatic heterocycles. The van der Waals surface area contributed by atoms with E-state index in [-0.39, 0.29) is 63.8 Å². The number of hydrogen-bond acceptors (Lipinski definition) is 6. The fraction of sp³-hybridized carbons (Fsp3) is 0. The zero-order valence-electron chi connectivity index (χ0n) is 6.45. The first-order valence-electron chi connectivity index (χ1n) is 2.40. The fourth-order valence-electron chi connectivity index (χ4n) is 0.265. The first-order chi connectivity index (χ1) is 5.97. The van der Waals surface area contributed by atoms with Crippen molar-refractivity contribution in [1.82, 2.24) is 0 Å². The van der Waals surface area contributed by atoms with Crippen LogP contribution in [0.3, 0.4) is 0 Å². The SMILES string of the molecule is Cl.N#[C][Fe]([C]#N)([C]#N)([C]#N)([C]#N)[C]#N.[KH].